The minimum Gasteiger partial charge on any atom is -0.548 e. The first-order chi connectivity index (χ1) is 11.4. The summed E-state index contributed by atoms with van der Waals surface area (Å²) < 4.78 is 21.9. The molecule has 0 aromatic heterocycles. The molecule has 0 rings (SSSR count). The van der Waals surface area contributed by atoms with Crippen LogP contribution in [0.3, 0.4) is 0 Å². The predicted octanol–water partition coefficient (Wildman–Crippen LogP) is -0.565. The van der Waals surface area contributed by atoms with Crippen LogP contribution >= 0.6 is 50.5 Å². The van der Waals surface area contributed by atoms with Crippen LogP contribution < -0.4 is 10.2 Å². The van der Waals surface area contributed by atoms with Gasteiger partial charge in [0.25, 0.3) is 0 Å². The van der Waals surface area contributed by atoms with Crippen LogP contribution in [0.4, 0.5) is 0 Å². The van der Waals surface area contributed by atoms with Crippen molar-refractivity contribution in [1.82, 2.24) is 0 Å². The van der Waals surface area contributed by atoms with E-state index in [-0.39, 0.29) is 24.3 Å². The quantitative estimate of drug-likeness (QED) is 0.298. The van der Waals surface area contributed by atoms with Crippen LogP contribution in [-0.2, 0) is 19.4 Å². The van der Waals surface area contributed by atoms with Gasteiger partial charge in [-0.05, 0) is 25.7 Å². The summed E-state index contributed by atoms with van der Waals surface area (Å²) in [7, 11) is -4.79. The number of hydrogen-bond donors (Lipinski definition) is 4. The molecular weight excluding hydrogens is 424 g/mol. The van der Waals surface area contributed by atoms with E-state index in [1.807, 2.05) is 0 Å². The van der Waals surface area contributed by atoms with Crippen molar-refractivity contribution in [3.8, 4) is 0 Å². The second-order valence-electron chi connectivity index (χ2n) is 5.86. The maximum absolute atomic E-state index is 13.4. The number of rotatable bonds is 12. The Balaban J connectivity index is 6.61. The molecule has 4 atom stereocenters. The summed E-state index contributed by atoms with van der Waals surface area (Å²) in [5, 5.41) is 22.4. The lowest BCUT2D eigenvalue weighted by Crippen LogP contribution is -2.66. The van der Waals surface area contributed by atoms with E-state index in [9.17, 15) is 28.2 Å². The Kier molecular flexibility index (Phi) is 10.1. The zero-order valence-electron chi connectivity index (χ0n) is 14.0. The molecule has 0 saturated carbocycles. The highest BCUT2D eigenvalue weighted by Gasteiger charge is 2.57. The van der Waals surface area contributed by atoms with Crippen molar-refractivity contribution in [2.75, 3.05) is 11.5 Å². The Hall–Kier alpha value is 0.290. The van der Waals surface area contributed by atoms with Crippen LogP contribution in [0.1, 0.15) is 39.5 Å². The SMILES string of the molecule is CCC(CC(S)CS)(C(=O)[O-])S(=O)(=O)C(CC)(CC(S)CS)C(=O)[O-]. The average molecular weight is 449 g/mol. The first-order valence-corrected chi connectivity index (χ1v) is 11.4. The Morgan fingerprint density at radius 1 is 0.880 bits per heavy atom. The topological polar surface area (TPSA) is 114 Å². The lowest BCUT2D eigenvalue weighted by atomic mass is 9.98. The van der Waals surface area contributed by atoms with Crippen LogP contribution in [0.2, 0.25) is 0 Å². The normalized spacial score (nSPS) is 19.4. The van der Waals surface area contributed by atoms with Gasteiger partial charge in [-0.15, -0.1) is 0 Å². The van der Waals surface area contributed by atoms with E-state index in [4.69, 9.17) is 0 Å². The minimum absolute atomic E-state index is 0.115. The minimum atomic E-state index is -4.79. The number of thiol groups is 4. The van der Waals surface area contributed by atoms with Crippen LogP contribution in [0.5, 0.6) is 0 Å². The van der Waals surface area contributed by atoms with Crippen LogP contribution in [0, 0.1) is 0 Å². The van der Waals surface area contributed by atoms with E-state index in [2.05, 4.69) is 50.5 Å². The fourth-order valence-electron chi connectivity index (χ4n) is 2.83. The Labute approximate surface area is 171 Å². The van der Waals surface area contributed by atoms with Crippen molar-refractivity contribution in [3.05, 3.63) is 0 Å². The fourth-order valence-corrected chi connectivity index (χ4v) is 6.74. The number of carboxylic acids is 2. The zero-order valence-corrected chi connectivity index (χ0v) is 18.4. The molecule has 4 unspecified atom stereocenters. The van der Waals surface area contributed by atoms with Gasteiger partial charge in [0.15, 0.2) is 9.84 Å². The third-order valence-electron chi connectivity index (χ3n) is 4.47. The lowest BCUT2D eigenvalue weighted by Gasteiger charge is -2.45. The van der Waals surface area contributed by atoms with Gasteiger partial charge in [0.1, 0.15) is 9.49 Å². The van der Waals surface area contributed by atoms with E-state index >= 15 is 0 Å². The first kappa shape index (κ1) is 25.3. The summed E-state index contributed by atoms with van der Waals surface area (Å²) in [5.41, 5.74) is 0. The maximum atomic E-state index is 13.4. The van der Waals surface area contributed by atoms with E-state index < -0.39 is 54.6 Å². The van der Waals surface area contributed by atoms with Crippen molar-refractivity contribution < 1.29 is 28.2 Å². The molecule has 6 nitrogen and oxygen atoms in total. The molecule has 0 fully saturated rings. The van der Waals surface area contributed by atoms with Crippen LogP contribution in [-0.4, -0.2) is 51.9 Å². The third kappa shape index (κ3) is 4.77. The van der Waals surface area contributed by atoms with Gasteiger partial charge in [-0.1, -0.05) is 13.8 Å². The highest BCUT2D eigenvalue weighted by molar-refractivity contribution is 7.95. The molecule has 25 heavy (non-hydrogen) atoms. The highest BCUT2D eigenvalue weighted by atomic mass is 32.2. The highest BCUT2D eigenvalue weighted by Crippen LogP contribution is 2.41. The van der Waals surface area contributed by atoms with Crippen molar-refractivity contribution in [2.24, 2.45) is 0 Å². The molecule has 0 aliphatic carbocycles. The molecular formula is C14H24O6S5-2. The van der Waals surface area contributed by atoms with Gasteiger partial charge in [0, 0.05) is 22.0 Å². The largest absolute Gasteiger partial charge is 0.548 e. The molecule has 0 heterocycles. The van der Waals surface area contributed by atoms with Gasteiger partial charge in [-0.25, -0.2) is 8.42 Å². The number of carboxylic acid groups (broad SMARTS) is 2. The monoisotopic (exact) mass is 448 g/mol. The van der Waals surface area contributed by atoms with Crippen LogP contribution in [0.25, 0.3) is 0 Å². The molecule has 0 aromatic rings. The first-order valence-electron chi connectivity index (χ1n) is 7.67. The Morgan fingerprint density at radius 3 is 1.32 bits per heavy atom. The predicted molar refractivity (Wildman–Crippen MR) is 107 cm³/mol. The molecule has 0 saturated heterocycles. The van der Waals surface area contributed by atoms with Crippen molar-refractivity contribution in [2.45, 2.75) is 59.5 Å². The van der Waals surface area contributed by atoms with Gasteiger partial charge in [0.2, 0.25) is 0 Å². The molecule has 0 aromatic carbocycles. The van der Waals surface area contributed by atoms with E-state index in [0.717, 1.165) is 0 Å². The molecule has 0 spiro atoms. The third-order valence-corrected chi connectivity index (χ3v) is 9.96. The molecule has 0 N–H and O–H groups in total. The Morgan fingerprint density at radius 2 is 1.16 bits per heavy atom. The fraction of sp³-hybridized carbons (Fsp3) is 0.857. The van der Waals surface area contributed by atoms with E-state index in [0.29, 0.717) is 0 Å². The van der Waals surface area contributed by atoms with E-state index in [1.165, 1.54) is 13.8 Å². The Bertz CT molecular complexity index is 536. The molecule has 0 aliphatic heterocycles. The summed E-state index contributed by atoms with van der Waals surface area (Å²) in [4.78, 5) is 23.8. The number of carbonyl (C=O) groups excluding carboxylic acids is 2. The standard InChI is InChI=1S/C14H26O6S5/c1-3-13(11(15)16,5-9(23)7-21)25(19,20)14(4-2,12(17)18)6-10(24)8-22/h9-10,21-24H,3-8H2,1-2H3,(H,15,16)(H,17,18)/p-2. The number of carbonyl (C=O) groups is 2. The van der Waals surface area contributed by atoms with Crippen molar-refractivity contribution >= 4 is 72.3 Å². The van der Waals surface area contributed by atoms with Crippen molar-refractivity contribution in [1.29, 1.82) is 0 Å². The number of hydrogen-bond acceptors (Lipinski definition) is 10. The zero-order chi connectivity index (χ0) is 20.1. The summed E-state index contributed by atoms with van der Waals surface area (Å²) in [5.74, 6) is -3.47. The van der Waals surface area contributed by atoms with Gasteiger partial charge in [-0.2, -0.15) is 50.5 Å². The second-order valence-corrected chi connectivity index (χ2v) is 10.6. The molecule has 0 aliphatic rings. The molecule has 11 heteroatoms. The summed E-state index contributed by atoms with van der Waals surface area (Å²) in [6.45, 7) is 2.72. The van der Waals surface area contributed by atoms with Gasteiger partial charge < -0.3 is 19.8 Å². The van der Waals surface area contributed by atoms with E-state index in [1.54, 1.807) is 0 Å². The maximum Gasteiger partial charge on any atom is 0.172 e. The second kappa shape index (κ2) is 10.0. The summed E-state index contributed by atoms with van der Waals surface area (Å²) in [6.07, 6.45) is -1.58. The molecule has 0 amide bonds. The molecule has 0 bridgehead atoms. The lowest BCUT2D eigenvalue weighted by molar-refractivity contribution is -0.310. The van der Waals surface area contributed by atoms with Gasteiger partial charge in [0.05, 0.1) is 11.9 Å². The van der Waals surface area contributed by atoms with Crippen LogP contribution in [0.15, 0.2) is 0 Å². The molecule has 148 valence electrons. The summed E-state index contributed by atoms with van der Waals surface area (Å²) >= 11 is 16.3. The molecule has 0 radical (unpaired) electrons. The van der Waals surface area contributed by atoms with Crippen molar-refractivity contribution in [3.63, 3.8) is 0 Å². The summed E-state index contributed by atoms with van der Waals surface area (Å²) in [6, 6.07) is 0. The average Bonchev–Trinajstić information content (AvgIpc) is 2.55. The van der Waals surface area contributed by atoms with Gasteiger partial charge >= 0.3 is 0 Å². The van der Waals surface area contributed by atoms with Gasteiger partial charge in [-0.3, -0.25) is 0 Å². The number of sulfone groups is 1. The number of aliphatic carboxylic acids is 2. The smallest absolute Gasteiger partial charge is 0.172 e.